The van der Waals surface area contributed by atoms with Crippen LogP contribution in [0.1, 0.15) is 141 Å². The van der Waals surface area contributed by atoms with E-state index in [1.165, 1.54) is 38.5 Å². The molecule has 0 aliphatic carbocycles. The zero-order valence-corrected chi connectivity index (χ0v) is 26.6. The number of hydrogen-bond acceptors (Lipinski definition) is 7. The minimum atomic E-state index is -1.25. The maximum Gasteiger partial charge on any atom is 0.326 e. The minimum Gasteiger partial charge on any atom is -0.481 e. The summed E-state index contributed by atoms with van der Waals surface area (Å²) in [6, 6.07) is -2.36. The Bertz CT molecular complexity index is 896. The largest absolute Gasteiger partial charge is 0.481 e. The number of unbranched alkanes of at least 4 members (excludes halogenated alkanes) is 13. The van der Waals surface area contributed by atoms with E-state index < -0.39 is 41.8 Å². The van der Waals surface area contributed by atoms with Gasteiger partial charge in [0.2, 0.25) is 17.7 Å². The van der Waals surface area contributed by atoms with E-state index >= 15 is 0 Å². The molecule has 0 saturated heterocycles. The van der Waals surface area contributed by atoms with Crippen molar-refractivity contribution >= 4 is 41.9 Å². The molecule has 13 heteroatoms. The lowest BCUT2D eigenvalue weighted by atomic mass is 10.0. The first-order valence-corrected chi connectivity index (χ1v) is 16.4. The van der Waals surface area contributed by atoms with Gasteiger partial charge >= 0.3 is 17.9 Å². The lowest BCUT2D eigenvalue weighted by Gasteiger charge is -2.15. The van der Waals surface area contributed by atoms with Crippen LogP contribution < -0.4 is 16.0 Å². The standard InChI is InChI=1S/C32H54N3O10/c36-24-16-17-25(31(42)43)34-29(39)19-15-23-33-27(37)22-21-26(32(44)45)35-28(38)18-13-11-9-7-5-3-1-2-4-6-8-10-12-14-20-30(40)41/h25-26H,1-23H2,(H,33,37)(H,34,39)(H,35,38)(H,40,41)(H,42,43)(H,44,45)/t25-,26-/m0/s1. The number of nitrogens with one attached hydrogen (secondary N) is 3. The summed E-state index contributed by atoms with van der Waals surface area (Å²) in [5, 5.41) is 34.5. The summed E-state index contributed by atoms with van der Waals surface area (Å²) < 4.78 is 0. The lowest BCUT2D eigenvalue weighted by molar-refractivity contribution is -0.142. The van der Waals surface area contributed by atoms with Gasteiger partial charge in [0, 0.05) is 38.6 Å². The molecule has 0 aromatic carbocycles. The normalized spacial score (nSPS) is 12.1. The molecule has 6 N–H and O–H groups in total. The van der Waals surface area contributed by atoms with E-state index in [-0.39, 0.29) is 63.8 Å². The smallest absolute Gasteiger partial charge is 0.326 e. The van der Waals surface area contributed by atoms with Gasteiger partial charge in [-0.2, -0.15) is 0 Å². The third-order valence-corrected chi connectivity index (χ3v) is 7.41. The van der Waals surface area contributed by atoms with E-state index in [1.54, 1.807) is 6.29 Å². The Morgan fingerprint density at radius 1 is 0.489 bits per heavy atom. The molecule has 0 fully saturated rings. The van der Waals surface area contributed by atoms with E-state index in [1.807, 2.05) is 0 Å². The molecule has 0 bridgehead atoms. The quantitative estimate of drug-likeness (QED) is 0.0598. The van der Waals surface area contributed by atoms with E-state index in [2.05, 4.69) is 16.0 Å². The van der Waals surface area contributed by atoms with Crippen molar-refractivity contribution in [2.24, 2.45) is 0 Å². The Morgan fingerprint density at radius 2 is 0.889 bits per heavy atom. The summed E-state index contributed by atoms with van der Waals surface area (Å²) in [5.41, 5.74) is 0. The van der Waals surface area contributed by atoms with Crippen LogP contribution in [0.25, 0.3) is 0 Å². The first-order valence-electron chi connectivity index (χ1n) is 16.4. The first kappa shape index (κ1) is 41.5. The highest BCUT2D eigenvalue weighted by molar-refractivity contribution is 5.85. The van der Waals surface area contributed by atoms with Crippen molar-refractivity contribution in [1.29, 1.82) is 0 Å². The topological polar surface area (TPSA) is 216 Å². The third kappa shape index (κ3) is 26.6. The summed E-state index contributed by atoms with van der Waals surface area (Å²) in [5.74, 6) is -4.50. The Labute approximate surface area is 266 Å². The molecule has 0 aliphatic heterocycles. The molecule has 1 radical (unpaired) electrons. The number of carbonyl (C=O) groups is 6. The number of rotatable bonds is 31. The molecule has 2 atom stereocenters. The van der Waals surface area contributed by atoms with E-state index in [0.29, 0.717) is 6.42 Å². The molecule has 13 nitrogen and oxygen atoms in total. The predicted octanol–water partition coefficient (Wildman–Crippen LogP) is 4.02. The summed E-state index contributed by atoms with van der Waals surface area (Å²) in [6.07, 6.45) is 16.8. The highest BCUT2D eigenvalue weighted by Gasteiger charge is 2.21. The molecule has 0 unspecified atom stereocenters. The summed E-state index contributed by atoms with van der Waals surface area (Å²) in [6.45, 7) is 0.134. The van der Waals surface area contributed by atoms with Gasteiger partial charge in [0.1, 0.15) is 12.1 Å². The average Bonchev–Trinajstić information content (AvgIpc) is 2.98. The first-order chi connectivity index (χ1) is 21.6. The van der Waals surface area contributed by atoms with Crippen LogP contribution in [-0.2, 0) is 33.6 Å². The zero-order valence-electron chi connectivity index (χ0n) is 26.6. The fourth-order valence-corrected chi connectivity index (χ4v) is 4.77. The molecule has 0 aromatic heterocycles. The van der Waals surface area contributed by atoms with Gasteiger partial charge in [-0.25, -0.2) is 9.59 Å². The molecular weight excluding hydrogens is 586 g/mol. The highest BCUT2D eigenvalue weighted by Crippen LogP contribution is 2.14. The SMILES string of the molecule is O=[C]CC[C@H](NC(=O)CCCNC(=O)CC[C@H](NC(=O)CCCCCCCCCCCCCCCCC(=O)O)C(=O)O)C(=O)O. The van der Waals surface area contributed by atoms with Crippen LogP contribution in [0.3, 0.4) is 0 Å². The molecule has 3 amide bonds. The van der Waals surface area contributed by atoms with Crippen LogP contribution in [0.4, 0.5) is 0 Å². The van der Waals surface area contributed by atoms with Gasteiger partial charge in [0.25, 0.3) is 0 Å². The Hall–Kier alpha value is -3.51. The third-order valence-electron chi connectivity index (χ3n) is 7.41. The van der Waals surface area contributed by atoms with Gasteiger partial charge in [-0.3, -0.25) is 24.0 Å². The van der Waals surface area contributed by atoms with Gasteiger partial charge in [-0.05, 0) is 32.1 Å². The van der Waals surface area contributed by atoms with Crippen LogP contribution in [0.15, 0.2) is 0 Å². The fourth-order valence-electron chi connectivity index (χ4n) is 4.77. The van der Waals surface area contributed by atoms with Crippen molar-refractivity contribution in [2.75, 3.05) is 6.54 Å². The Kier molecular flexibility index (Phi) is 25.8. The van der Waals surface area contributed by atoms with Crippen molar-refractivity contribution < 1.29 is 48.9 Å². The number of carbonyl (C=O) groups excluding carboxylic acids is 4. The number of carboxylic acids is 3. The number of carboxylic acid groups (broad SMARTS) is 3. The molecule has 0 spiro atoms. The minimum absolute atomic E-state index is 0.0381. The Balaban J connectivity index is 3.86. The van der Waals surface area contributed by atoms with Crippen molar-refractivity contribution in [3.8, 4) is 0 Å². The molecule has 0 aliphatic rings. The summed E-state index contributed by atoms with van der Waals surface area (Å²) >= 11 is 0. The van der Waals surface area contributed by atoms with Crippen LogP contribution in [-0.4, -0.2) is 75.9 Å². The molecule has 0 aromatic rings. The van der Waals surface area contributed by atoms with Crippen LogP contribution in [0, 0.1) is 0 Å². The second-order valence-electron chi connectivity index (χ2n) is 11.4. The van der Waals surface area contributed by atoms with E-state index in [4.69, 9.17) is 10.2 Å². The number of amides is 3. The zero-order chi connectivity index (χ0) is 33.7. The average molecular weight is 641 g/mol. The monoisotopic (exact) mass is 640 g/mol. The molecule has 45 heavy (non-hydrogen) atoms. The molecule has 257 valence electrons. The Morgan fingerprint density at radius 3 is 1.31 bits per heavy atom. The number of hydrogen-bond donors (Lipinski definition) is 6. The van der Waals surface area contributed by atoms with Crippen molar-refractivity contribution in [3.63, 3.8) is 0 Å². The number of aliphatic carboxylic acids is 3. The van der Waals surface area contributed by atoms with Crippen molar-refractivity contribution in [3.05, 3.63) is 0 Å². The van der Waals surface area contributed by atoms with Gasteiger partial charge < -0.3 is 31.3 Å². The molecule has 0 saturated carbocycles. The van der Waals surface area contributed by atoms with E-state index in [9.17, 15) is 38.7 Å². The van der Waals surface area contributed by atoms with Gasteiger partial charge in [-0.15, -0.1) is 0 Å². The maximum atomic E-state index is 12.2. The van der Waals surface area contributed by atoms with Crippen LogP contribution in [0.5, 0.6) is 0 Å². The fraction of sp³-hybridized carbons (Fsp3) is 0.781. The molecular formula is C32H54N3O10. The highest BCUT2D eigenvalue weighted by atomic mass is 16.4. The van der Waals surface area contributed by atoms with Gasteiger partial charge in [0.05, 0.1) is 0 Å². The van der Waals surface area contributed by atoms with Crippen molar-refractivity contribution in [2.45, 2.75) is 153 Å². The second kappa shape index (κ2) is 28.0. The summed E-state index contributed by atoms with van der Waals surface area (Å²) in [4.78, 5) is 79.6. The predicted molar refractivity (Wildman–Crippen MR) is 167 cm³/mol. The van der Waals surface area contributed by atoms with E-state index in [0.717, 1.165) is 44.9 Å². The maximum absolute atomic E-state index is 12.2. The lowest BCUT2D eigenvalue weighted by Crippen LogP contribution is -2.41. The van der Waals surface area contributed by atoms with Crippen LogP contribution in [0.2, 0.25) is 0 Å². The molecule has 0 heterocycles. The van der Waals surface area contributed by atoms with Gasteiger partial charge in [-0.1, -0.05) is 77.0 Å². The van der Waals surface area contributed by atoms with Crippen molar-refractivity contribution in [1.82, 2.24) is 16.0 Å². The summed E-state index contributed by atoms with van der Waals surface area (Å²) in [7, 11) is 0. The van der Waals surface area contributed by atoms with Gasteiger partial charge in [0.15, 0.2) is 6.29 Å². The molecule has 0 rings (SSSR count). The van der Waals surface area contributed by atoms with Crippen LogP contribution >= 0.6 is 0 Å². The second-order valence-corrected chi connectivity index (χ2v) is 11.4.